The summed E-state index contributed by atoms with van der Waals surface area (Å²) < 4.78 is 2.22. The van der Waals surface area contributed by atoms with Crippen LogP contribution in [0.5, 0.6) is 0 Å². The molecule has 1 aromatic rings. The maximum absolute atomic E-state index is 10.9. The summed E-state index contributed by atoms with van der Waals surface area (Å²) >= 11 is 1.34. The van der Waals surface area contributed by atoms with E-state index in [2.05, 4.69) is 5.10 Å². The summed E-state index contributed by atoms with van der Waals surface area (Å²) in [7, 11) is 1.56. The van der Waals surface area contributed by atoms with Crippen molar-refractivity contribution in [1.82, 2.24) is 14.5 Å². The van der Waals surface area contributed by atoms with Crippen molar-refractivity contribution in [3.05, 3.63) is 10.5 Å². The largest absolute Gasteiger partial charge is 0.365 e. The number of aromatic nitrogens is 3. The number of hydrogen-bond acceptors (Lipinski definition) is 4. The van der Waals surface area contributed by atoms with Crippen LogP contribution in [0.4, 0.5) is 0 Å². The van der Waals surface area contributed by atoms with E-state index in [9.17, 15) is 4.79 Å². The van der Waals surface area contributed by atoms with Gasteiger partial charge in [-0.1, -0.05) is 11.8 Å². The SMILES string of the molecule is CSc1nn(C)c(=O)n1N. The molecule has 0 saturated heterocycles. The first-order valence-corrected chi connectivity index (χ1v) is 3.84. The maximum atomic E-state index is 10.9. The van der Waals surface area contributed by atoms with Crippen molar-refractivity contribution in [1.29, 1.82) is 0 Å². The summed E-state index contributed by atoms with van der Waals surface area (Å²) in [6, 6.07) is 0. The minimum Gasteiger partial charge on any atom is -0.333 e. The van der Waals surface area contributed by atoms with Gasteiger partial charge in [0, 0.05) is 7.05 Å². The third kappa shape index (κ3) is 0.900. The highest BCUT2D eigenvalue weighted by Crippen LogP contribution is 2.04. The van der Waals surface area contributed by atoms with Crippen molar-refractivity contribution in [3.63, 3.8) is 0 Å². The molecule has 1 rings (SSSR count). The van der Waals surface area contributed by atoms with Crippen molar-refractivity contribution in [2.75, 3.05) is 12.1 Å². The number of aryl methyl sites for hydroxylation is 1. The molecule has 0 atom stereocenters. The second-order valence-electron chi connectivity index (χ2n) is 1.76. The van der Waals surface area contributed by atoms with E-state index >= 15 is 0 Å². The Kier molecular flexibility index (Phi) is 1.71. The van der Waals surface area contributed by atoms with Crippen LogP contribution in [-0.2, 0) is 7.05 Å². The lowest BCUT2D eigenvalue weighted by Crippen LogP contribution is -2.28. The van der Waals surface area contributed by atoms with E-state index in [1.54, 1.807) is 7.05 Å². The van der Waals surface area contributed by atoms with E-state index in [0.717, 1.165) is 4.68 Å². The van der Waals surface area contributed by atoms with E-state index in [1.807, 2.05) is 6.26 Å². The van der Waals surface area contributed by atoms with E-state index in [1.165, 1.54) is 16.4 Å². The van der Waals surface area contributed by atoms with Gasteiger partial charge in [-0.3, -0.25) is 0 Å². The topological polar surface area (TPSA) is 65.8 Å². The number of hydrogen-bond donors (Lipinski definition) is 1. The number of thioether (sulfide) groups is 1. The monoisotopic (exact) mass is 160 g/mol. The molecule has 0 amide bonds. The molecule has 1 aromatic heterocycles. The molecule has 0 aliphatic heterocycles. The van der Waals surface area contributed by atoms with E-state index in [-0.39, 0.29) is 5.69 Å². The van der Waals surface area contributed by atoms with Crippen LogP contribution in [0.2, 0.25) is 0 Å². The van der Waals surface area contributed by atoms with Crippen LogP contribution in [-0.4, -0.2) is 20.7 Å². The molecule has 56 valence electrons. The normalized spacial score (nSPS) is 10.2. The highest BCUT2D eigenvalue weighted by atomic mass is 32.2. The Labute approximate surface area is 61.8 Å². The van der Waals surface area contributed by atoms with Crippen molar-refractivity contribution in [3.8, 4) is 0 Å². The standard InChI is InChI=1S/C4H8N4OS/c1-7-4(9)8(5)3(6-7)10-2/h5H2,1-2H3. The summed E-state index contributed by atoms with van der Waals surface area (Å²) in [6.45, 7) is 0. The van der Waals surface area contributed by atoms with Gasteiger partial charge in [-0.25, -0.2) is 9.48 Å². The fourth-order valence-electron chi connectivity index (χ4n) is 0.596. The van der Waals surface area contributed by atoms with Gasteiger partial charge in [0.25, 0.3) is 0 Å². The lowest BCUT2D eigenvalue weighted by molar-refractivity contribution is 0.714. The molecule has 2 N–H and O–H groups in total. The van der Waals surface area contributed by atoms with Gasteiger partial charge in [0.2, 0.25) is 5.16 Å². The fraction of sp³-hybridized carbons (Fsp3) is 0.500. The van der Waals surface area contributed by atoms with Crippen LogP contribution < -0.4 is 11.5 Å². The zero-order valence-corrected chi connectivity index (χ0v) is 6.55. The summed E-state index contributed by atoms with van der Waals surface area (Å²) in [6.07, 6.45) is 1.81. The number of nitrogens with two attached hydrogens (primary N) is 1. The molecule has 0 saturated carbocycles. The summed E-state index contributed by atoms with van der Waals surface area (Å²) in [5.74, 6) is 5.31. The van der Waals surface area contributed by atoms with Gasteiger partial charge in [0.15, 0.2) is 0 Å². The van der Waals surface area contributed by atoms with Crippen molar-refractivity contribution in [2.45, 2.75) is 5.16 Å². The third-order valence-electron chi connectivity index (χ3n) is 1.11. The molecular weight excluding hydrogens is 152 g/mol. The molecule has 0 radical (unpaired) electrons. The van der Waals surface area contributed by atoms with Gasteiger partial charge < -0.3 is 5.84 Å². The lowest BCUT2D eigenvalue weighted by atomic mass is 11.1. The first-order chi connectivity index (χ1) is 4.66. The molecule has 1 heterocycles. The van der Waals surface area contributed by atoms with Gasteiger partial charge >= 0.3 is 5.69 Å². The van der Waals surface area contributed by atoms with Gasteiger partial charge in [-0.2, -0.15) is 4.68 Å². The Hall–Kier alpha value is -0.910. The quantitative estimate of drug-likeness (QED) is 0.423. The van der Waals surface area contributed by atoms with Crippen molar-refractivity contribution in [2.24, 2.45) is 7.05 Å². The Balaban J connectivity index is 3.31. The van der Waals surface area contributed by atoms with Crippen LogP contribution in [0.25, 0.3) is 0 Å². The van der Waals surface area contributed by atoms with E-state index in [4.69, 9.17) is 5.84 Å². The van der Waals surface area contributed by atoms with Crippen LogP contribution in [0.15, 0.2) is 9.95 Å². The van der Waals surface area contributed by atoms with Gasteiger partial charge in [0.05, 0.1) is 0 Å². The average molecular weight is 160 g/mol. The summed E-state index contributed by atoms with van der Waals surface area (Å²) in [5, 5.41) is 4.35. The number of nitrogen functional groups attached to an aromatic ring is 1. The molecule has 0 aromatic carbocycles. The fourth-order valence-corrected chi connectivity index (χ4v) is 1.08. The predicted octanol–water partition coefficient (Wildman–Crippen LogP) is -0.983. The molecular formula is C4H8N4OS. The zero-order valence-electron chi connectivity index (χ0n) is 5.74. The molecule has 0 fully saturated rings. The Bertz CT molecular complexity index is 288. The molecule has 0 unspecified atom stereocenters. The first-order valence-electron chi connectivity index (χ1n) is 2.62. The second kappa shape index (κ2) is 2.37. The van der Waals surface area contributed by atoms with Crippen LogP contribution >= 0.6 is 11.8 Å². The molecule has 5 nitrogen and oxygen atoms in total. The minimum atomic E-state index is -0.302. The third-order valence-corrected chi connectivity index (χ3v) is 1.75. The smallest absolute Gasteiger partial charge is 0.333 e. The molecule has 0 spiro atoms. The Morgan fingerprint density at radius 1 is 1.70 bits per heavy atom. The van der Waals surface area contributed by atoms with E-state index in [0.29, 0.717) is 5.16 Å². The van der Waals surface area contributed by atoms with Crippen LogP contribution in [0.1, 0.15) is 0 Å². The van der Waals surface area contributed by atoms with Gasteiger partial charge in [0.1, 0.15) is 0 Å². The Morgan fingerprint density at radius 2 is 2.30 bits per heavy atom. The molecule has 0 aliphatic rings. The van der Waals surface area contributed by atoms with Gasteiger partial charge in [-0.15, -0.1) is 5.10 Å². The molecule has 0 aliphatic carbocycles. The van der Waals surface area contributed by atoms with E-state index < -0.39 is 0 Å². The average Bonchev–Trinajstić information content (AvgIpc) is 2.17. The minimum absolute atomic E-state index is 0.302. The molecule has 6 heteroatoms. The van der Waals surface area contributed by atoms with Crippen molar-refractivity contribution < 1.29 is 0 Å². The Morgan fingerprint density at radius 3 is 2.50 bits per heavy atom. The van der Waals surface area contributed by atoms with Crippen molar-refractivity contribution >= 4 is 11.8 Å². The van der Waals surface area contributed by atoms with Gasteiger partial charge in [-0.05, 0) is 6.26 Å². The second-order valence-corrected chi connectivity index (χ2v) is 2.54. The highest BCUT2D eigenvalue weighted by molar-refractivity contribution is 7.98. The highest BCUT2D eigenvalue weighted by Gasteiger charge is 2.04. The maximum Gasteiger partial charge on any atom is 0.365 e. The molecule has 10 heavy (non-hydrogen) atoms. The number of nitrogens with zero attached hydrogens (tertiary/aromatic N) is 3. The zero-order chi connectivity index (χ0) is 7.72. The lowest BCUT2D eigenvalue weighted by Gasteiger charge is -1.89. The number of rotatable bonds is 1. The summed E-state index contributed by atoms with van der Waals surface area (Å²) in [4.78, 5) is 10.9. The van der Waals surface area contributed by atoms with Crippen LogP contribution in [0.3, 0.4) is 0 Å². The summed E-state index contributed by atoms with van der Waals surface area (Å²) in [5.41, 5.74) is -0.302. The van der Waals surface area contributed by atoms with Crippen LogP contribution in [0, 0.1) is 0 Å². The predicted molar refractivity (Wildman–Crippen MR) is 39.4 cm³/mol. The first kappa shape index (κ1) is 7.20. The molecule has 0 bridgehead atoms.